The summed E-state index contributed by atoms with van der Waals surface area (Å²) in [6.07, 6.45) is 4.97. The molecule has 2 rings (SSSR count). The van der Waals surface area contributed by atoms with Gasteiger partial charge in [-0.05, 0) is 19.9 Å². The fourth-order valence-corrected chi connectivity index (χ4v) is 2.35. The molecule has 2 aromatic heterocycles. The van der Waals surface area contributed by atoms with Crippen molar-refractivity contribution in [1.29, 1.82) is 0 Å². The fourth-order valence-electron chi connectivity index (χ4n) is 1.70. The van der Waals surface area contributed by atoms with Crippen molar-refractivity contribution in [3.05, 3.63) is 40.6 Å². The van der Waals surface area contributed by atoms with Gasteiger partial charge in [-0.3, -0.25) is 9.78 Å². The molecule has 2 aromatic rings. The lowest BCUT2D eigenvalue weighted by atomic mass is 10.2. The lowest BCUT2D eigenvalue weighted by Crippen LogP contribution is -2.27. The first-order valence-corrected chi connectivity index (χ1v) is 6.98. The number of carbonyl (C=O) groups is 1. The molecule has 5 nitrogen and oxygen atoms in total. The van der Waals surface area contributed by atoms with Crippen LogP contribution in [0, 0.1) is 0 Å². The predicted octanol–water partition coefficient (Wildman–Crippen LogP) is 2.46. The van der Waals surface area contributed by atoms with E-state index in [4.69, 9.17) is 0 Å². The van der Waals surface area contributed by atoms with Crippen LogP contribution in [-0.4, -0.2) is 22.4 Å². The van der Waals surface area contributed by atoms with Crippen molar-refractivity contribution in [2.45, 2.75) is 19.9 Å². The minimum Gasteiger partial charge on any atom is -0.385 e. The molecule has 0 aliphatic rings. The smallest absolute Gasteiger partial charge is 0.255 e. The summed E-state index contributed by atoms with van der Waals surface area (Å²) < 4.78 is 0. The van der Waals surface area contributed by atoms with Gasteiger partial charge in [-0.25, -0.2) is 4.98 Å². The molecule has 0 bridgehead atoms. The Balaban J connectivity index is 2.11. The second kappa shape index (κ2) is 6.29. The first-order valence-electron chi connectivity index (χ1n) is 6.10. The van der Waals surface area contributed by atoms with Crippen molar-refractivity contribution >= 4 is 22.9 Å². The normalized spacial score (nSPS) is 11.9. The fraction of sp³-hybridized carbons (Fsp3) is 0.308. The van der Waals surface area contributed by atoms with Gasteiger partial charge in [0.2, 0.25) is 0 Å². The predicted molar refractivity (Wildman–Crippen MR) is 76.4 cm³/mol. The first-order chi connectivity index (χ1) is 9.22. The lowest BCUT2D eigenvalue weighted by molar-refractivity contribution is 0.0940. The maximum absolute atomic E-state index is 12.2. The number of aromatic nitrogens is 2. The summed E-state index contributed by atoms with van der Waals surface area (Å²) in [5.41, 5.74) is 1.34. The number of hydrogen-bond acceptors (Lipinski definition) is 5. The van der Waals surface area contributed by atoms with Crippen molar-refractivity contribution in [1.82, 2.24) is 15.3 Å². The molecule has 0 radical (unpaired) electrons. The Bertz CT molecular complexity index is 541. The lowest BCUT2D eigenvalue weighted by Gasteiger charge is -2.13. The van der Waals surface area contributed by atoms with Gasteiger partial charge in [0.05, 0.1) is 17.3 Å². The van der Waals surface area contributed by atoms with Crippen LogP contribution >= 0.6 is 11.3 Å². The zero-order valence-corrected chi connectivity index (χ0v) is 11.7. The number of anilines is 1. The van der Waals surface area contributed by atoms with E-state index >= 15 is 0 Å². The van der Waals surface area contributed by atoms with Crippen molar-refractivity contribution in [3.8, 4) is 0 Å². The van der Waals surface area contributed by atoms with Crippen LogP contribution in [0.2, 0.25) is 0 Å². The molecular weight excluding hydrogens is 260 g/mol. The van der Waals surface area contributed by atoms with E-state index in [0.29, 0.717) is 5.56 Å². The summed E-state index contributed by atoms with van der Waals surface area (Å²) in [6.45, 7) is 4.66. The zero-order valence-electron chi connectivity index (χ0n) is 10.9. The maximum atomic E-state index is 12.2. The summed E-state index contributed by atoms with van der Waals surface area (Å²) in [5.74, 6) is -0.147. The van der Waals surface area contributed by atoms with Gasteiger partial charge in [0.25, 0.3) is 5.91 Å². The zero-order chi connectivity index (χ0) is 13.7. The molecule has 1 atom stereocenters. The average molecular weight is 276 g/mol. The Hall–Kier alpha value is -1.95. The Morgan fingerprint density at radius 1 is 1.47 bits per heavy atom. The molecular formula is C13H16N4OS. The van der Waals surface area contributed by atoms with Crippen molar-refractivity contribution in [3.63, 3.8) is 0 Å². The quantitative estimate of drug-likeness (QED) is 0.880. The highest BCUT2D eigenvalue weighted by Gasteiger charge is 2.16. The second-order valence-electron chi connectivity index (χ2n) is 4.02. The second-order valence-corrected chi connectivity index (χ2v) is 4.94. The summed E-state index contributed by atoms with van der Waals surface area (Å²) in [7, 11) is 0. The third-order valence-electron chi connectivity index (χ3n) is 2.60. The molecule has 0 aromatic carbocycles. The highest BCUT2D eigenvalue weighted by atomic mass is 32.1. The van der Waals surface area contributed by atoms with Gasteiger partial charge in [0, 0.05) is 30.5 Å². The number of carbonyl (C=O) groups excluding carboxylic acids is 1. The van der Waals surface area contributed by atoms with Crippen LogP contribution in [-0.2, 0) is 0 Å². The standard InChI is InChI=1S/C13H16N4OS/c1-3-15-11-4-5-14-8-10(11)12(18)17-9(2)13-16-6-7-19-13/h4-9H,3H2,1-2H3,(H,14,15)(H,17,18). The summed E-state index contributed by atoms with van der Waals surface area (Å²) in [5, 5.41) is 8.86. The molecule has 0 saturated heterocycles. The minimum atomic E-state index is -0.147. The van der Waals surface area contributed by atoms with Crippen molar-refractivity contribution in [2.24, 2.45) is 0 Å². The number of nitrogens with zero attached hydrogens (tertiary/aromatic N) is 2. The van der Waals surface area contributed by atoms with Gasteiger partial charge < -0.3 is 10.6 Å². The van der Waals surface area contributed by atoms with Gasteiger partial charge in [-0.15, -0.1) is 11.3 Å². The number of rotatable bonds is 5. The average Bonchev–Trinajstić information content (AvgIpc) is 2.93. The largest absolute Gasteiger partial charge is 0.385 e. The van der Waals surface area contributed by atoms with Gasteiger partial charge in [-0.2, -0.15) is 0 Å². The summed E-state index contributed by atoms with van der Waals surface area (Å²) in [4.78, 5) is 20.4. The molecule has 0 aliphatic carbocycles. The van der Waals surface area contributed by atoms with Gasteiger partial charge in [-0.1, -0.05) is 0 Å². The Morgan fingerprint density at radius 3 is 3.00 bits per heavy atom. The highest BCUT2D eigenvalue weighted by Crippen LogP contribution is 2.18. The minimum absolute atomic E-state index is 0.109. The molecule has 0 fully saturated rings. The molecule has 100 valence electrons. The third-order valence-corrected chi connectivity index (χ3v) is 3.56. The monoisotopic (exact) mass is 276 g/mol. The molecule has 2 N–H and O–H groups in total. The van der Waals surface area contributed by atoms with Gasteiger partial charge >= 0.3 is 0 Å². The summed E-state index contributed by atoms with van der Waals surface area (Å²) in [6, 6.07) is 1.69. The van der Waals surface area contributed by atoms with E-state index in [1.807, 2.05) is 19.2 Å². The SMILES string of the molecule is CCNc1ccncc1C(=O)NC(C)c1nccs1. The molecule has 19 heavy (non-hydrogen) atoms. The van der Waals surface area contributed by atoms with E-state index in [2.05, 4.69) is 20.6 Å². The van der Waals surface area contributed by atoms with E-state index in [-0.39, 0.29) is 11.9 Å². The van der Waals surface area contributed by atoms with E-state index in [9.17, 15) is 4.79 Å². The first kappa shape index (κ1) is 13.5. The molecule has 0 spiro atoms. The number of pyridine rings is 1. The Kier molecular flexibility index (Phi) is 4.46. The van der Waals surface area contributed by atoms with Crippen LogP contribution in [0.1, 0.15) is 35.3 Å². The topological polar surface area (TPSA) is 66.9 Å². The van der Waals surface area contributed by atoms with Crippen LogP contribution in [0.15, 0.2) is 30.0 Å². The molecule has 6 heteroatoms. The maximum Gasteiger partial charge on any atom is 0.255 e. The number of thiazole rings is 1. The third kappa shape index (κ3) is 3.29. The van der Waals surface area contributed by atoms with Crippen LogP contribution in [0.5, 0.6) is 0 Å². The highest BCUT2D eigenvalue weighted by molar-refractivity contribution is 7.09. The van der Waals surface area contributed by atoms with Crippen LogP contribution < -0.4 is 10.6 Å². The molecule has 1 unspecified atom stereocenters. The van der Waals surface area contributed by atoms with E-state index < -0.39 is 0 Å². The Morgan fingerprint density at radius 2 is 2.32 bits per heavy atom. The van der Waals surface area contributed by atoms with Crippen LogP contribution in [0.4, 0.5) is 5.69 Å². The summed E-state index contributed by atoms with van der Waals surface area (Å²) >= 11 is 1.53. The van der Waals surface area contributed by atoms with Gasteiger partial charge in [0.15, 0.2) is 0 Å². The van der Waals surface area contributed by atoms with Gasteiger partial charge in [0.1, 0.15) is 5.01 Å². The van der Waals surface area contributed by atoms with E-state index in [0.717, 1.165) is 17.2 Å². The van der Waals surface area contributed by atoms with Crippen molar-refractivity contribution in [2.75, 3.05) is 11.9 Å². The Labute approximate surface area is 116 Å². The van der Waals surface area contributed by atoms with E-state index in [1.54, 1.807) is 24.7 Å². The molecule has 0 aliphatic heterocycles. The molecule has 1 amide bonds. The number of amides is 1. The van der Waals surface area contributed by atoms with Crippen LogP contribution in [0.3, 0.4) is 0 Å². The van der Waals surface area contributed by atoms with Crippen LogP contribution in [0.25, 0.3) is 0 Å². The van der Waals surface area contributed by atoms with E-state index in [1.165, 1.54) is 11.3 Å². The van der Waals surface area contributed by atoms with Crippen molar-refractivity contribution < 1.29 is 4.79 Å². The molecule has 2 heterocycles. The number of hydrogen-bond donors (Lipinski definition) is 2. The molecule has 0 saturated carbocycles. The number of nitrogens with one attached hydrogen (secondary N) is 2.